The number of fused-ring (bicyclic) bond motifs is 1. The van der Waals surface area contributed by atoms with E-state index in [2.05, 4.69) is 29.5 Å². The van der Waals surface area contributed by atoms with E-state index in [1.807, 2.05) is 18.2 Å². The maximum Gasteiger partial charge on any atom is 0.313 e. The third-order valence-corrected chi connectivity index (χ3v) is 5.58. The van der Waals surface area contributed by atoms with Gasteiger partial charge < -0.3 is 9.67 Å². The summed E-state index contributed by atoms with van der Waals surface area (Å²) < 4.78 is 2.27. The van der Waals surface area contributed by atoms with Gasteiger partial charge in [0, 0.05) is 6.04 Å². The number of para-hydroxylation sites is 2. The first-order chi connectivity index (χ1) is 10.1. The van der Waals surface area contributed by atoms with Crippen LogP contribution in [-0.2, 0) is 4.79 Å². The Bertz CT molecular complexity index is 667. The van der Waals surface area contributed by atoms with E-state index in [4.69, 9.17) is 5.11 Å². The number of benzene rings is 1. The van der Waals surface area contributed by atoms with Gasteiger partial charge in [-0.3, -0.25) is 4.79 Å². The van der Waals surface area contributed by atoms with Crippen LogP contribution in [0.2, 0.25) is 0 Å². The molecule has 1 aliphatic rings. The van der Waals surface area contributed by atoms with Crippen molar-refractivity contribution in [3.8, 4) is 0 Å². The van der Waals surface area contributed by atoms with Gasteiger partial charge in [-0.05, 0) is 36.8 Å². The van der Waals surface area contributed by atoms with Crippen molar-refractivity contribution in [1.82, 2.24) is 9.55 Å². The smallest absolute Gasteiger partial charge is 0.313 e. The number of carboxylic acids is 1. The molecule has 0 spiro atoms. The highest BCUT2D eigenvalue weighted by Crippen LogP contribution is 2.43. The summed E-state index contributed by atoms with van der Waals surface area (Å²) in [6, 6.07) is 8.51. The van der Waals surface area contributed by atoms with Gasteiger partial charge in [-0.25, -0.2) is 4.98 Å². The van der Waals surface area contributed by atoms with Gasteiger partial charge in [-0.1, -0.05) is 37.7 Å². The summed E-state index contributed by atoms with van der Waals surface area (Å²) in [5.41, 5.74) is 2.08. The predicted molar refractivity (Wildman–Crippen MR) is 84.7 cm³/mol. The number of aromatic nitrogens is 2. The molecule has 3 atom stereocenters. The zero-order valence-electron chi connectivity index (χ0n) is 12.3. The highest BCUT2D eigenvalue weighted by Gasteiger charge is 2.33. The third kappa shape index (κ3) is 2.67. The molecule has 0 saturated heterocycles. The molecule has 112 valence electrons. The maximum atomic E-state index is 10.9. The van der Waals surface area contributed by atoms with Crippen molar-refractivity contribution in [2.45, 2.75) is 37.9 Å². The molecule has 1 fully saturated rings. The Morgan fingerprint density at radius 1 is 1.38 bits per heavy atom. The zero-order chi connectivity index (χ0) is 15.0. The summed E-state index contributed by atoms with van der Waals surface area (Å²) >= 11 is 1.32. The van der Waals surface area contributed by atoms with Crippen LogP contribution in [0.1, 0.15) is 32.7 Å². The van der Waals surface area contributed by atoms with Crippen LogP contribution < -0.4 is 0 Å². The first kappa shape index (κ1) is 14.4. The molecule has 1 aromatic carbocycles. The van der Waals surface area contributed by atoms with Crippen LogP contribution in [0, 0.1) is 11.8 Å². The van der Waals surface area contributed by atoms with Crippen molar-refractivity contribution in [3.63, 3.8) is 0 Å². The minimum Gasteiger partial charge on any atom is -0.481 e. The average Bonchev–Trinajstić information content (AvgIpc) is 2.98. The molecule has 1 N–H and O–H groups in total. The summed E-state index contributed by atoms with van der Waals surface area (Å²) in [5.74, 6) is 0.548. The van der Waals surface area contributed by atoms with Crippen LogP contribution in [0.15, 0.2) is 29.4 Å². The number of aliphatic carboxylic acids is 1. The third-order valence-electron chi connectivity index (χ3n) is 4.64. The summed E-state index contributed by atoms with van der Waals surface area (Å²) in [4.78, 5) is 15.5. The lowest BCUT2D eigenvalue weighted by molar-refractivity contribution is -0.133. The lowest BCUT2D eigenvalue weighted by Crippen LogP contribution is -2.15. The van der Waals surface area contributed by atoms with Crippen molar-refractivity contribution in [1.29, 1.82) is 0 Å². The van der Waals surface area contributed by atoms with Crippen molar-refractivity contribution in [3.05, 3.63) is 24.3 Å². The number of carbonyl (C=O) groups is 1. The van der Waals surface area contributed by atoms with Crippen LogP contribution in [0.25, 0.3) is 11.0 Å². The largest absolute Gasteiger partial charge is 0.481 e. The summed E-state index contributed by atoms with van der Waals surface area (Å²) in [7, 11) is 0. The van der Waals surface area contributed by atoms with Gasteiger partial charge in [0.25, 0.3) is 0 Å². The molecule has 0 aliphatic heterocycles. The molecule has 21 heavy (non-hydrogen) atoms. The zero-order valence-corrected chi connectivity index (χ0v) is 13.1. The number of hydrogen-bond acceptors (Lipinski definition) is 3. The molecule has 5 heteroatoms. The van der Waals surface area contributed by atoms with E-state index in [1.54, 1.807) is 0 Å². The highest BCUT2D eigenvalue weighted by molar-refractivity contribution is 7.99. The SMILES string of the molecule is CC1CCC(n2c(SCC(=O)O)nc3ccccc32)C1C. The Morgan fingerprint density at radius 3 is 2.81 bits per heavy atom. The Labute approximate surface area is 128 Å². The fourth-order valence-electron chi connectivity index (χ4n) is 3.27. The average molecular weight is 304 g/mol. The number of hydrogen-bond donors (Lipinski definition) is 1. The minimum absolute atomic E-state index is 0.0555. The van der Waals surface area contributed by atoms with Crippen molar-refractivity contribution >= 4 is 28.8 Å². The lowest BCUT2D eigenvalue weighted by atomic mass is 9.97. The van der Waals surface area contributed by atoms with Gasteiger partial charge in [0.2, 0.25) is 0 Å². The van der Waals surface area contributed by atoms with E-state index in [-0.39, 0.29) is 5.75 Å². The van der Waals surface area contributed by atoms with E-state index in [1.165, 1.54) is 18.2 Å². The Balaban J connectivity index is 2.05. The number of rotatable bonds is 4. The summed E-state index contributed by atoms with van der Waals surface area (Å²) in [5, 5.41) is 9.78. The number of imidazole rings is 1. The van der Waals surface area contributed by atoms with Gasteiger partial charge >= 0.3 is 5.97 Å². The van der Waals surface area contributed by atoms with E-state index in [0.29, 0.717) is 17.9 Å². The standard InChI is InChI=1S/C16H20N2O2S/c1-10-7-8-13(11(10)2)18-14-6-4-3-5-12(14)17-16(18)21-9-15(19)20/h3-6,10-11,13H,7-9H2,1-2H3,(H,19,20). The second-order valence-corrected chi connectivity index (χ2v) is 6.86. The predicted octanol–water partition coefficient (Wildman–Crippen LogP) is 3.82. The lowest BCUT2D eigenvalue weighted by Gasteiger charge is -2.22. The topological polar surface area (TPSA) is 55.1 Å². The van der Waals surface area contributed by atoms with E-state index >= 15 is 0 Å². The normalized spacial score (nSPS) is 25.5. The quantitative estimate of drug-likeness (QED) is 0.872. The molecule has 1 aromatic heterocycles. The first-order valence-electron chi connectivity index (χ1n) is 7.39. The van der Waals surface area contributed by atoms with Gasteiger partial charge in [-0.15, -0.1) is 0 Å². The van der Waals surface area contributed by atoms with Crippen molar-refractivity contribution in [2.24, 2.45) is 11.8 Å². The van der Waals surface area contributed by atoms with Gasteiger partial charge in [0.1, 0.15) is 0 Å². The fraction of sp³-hybridized carbons (Fsp3) is 0.500. The molecule has 1 aliphatic carbocycles. The molecule has 3 rings (SSSR count). The Hall–Kier alpha value is -1.49. The van der Waals surface area contributed by atoms with Crippen LogP contribution in [0.4, 0.5) is 0 Å². The molecule has 1 heterocycles. The second kappa shape index (κ2) is 5.72. The van der Waals surface area contributed by atoms with Crippen LogP contribution >= 0.6 is 11.8 Å². The summed E-state index contributed by atoms with van der Waals surface area (Å²) in [6.45, 7) is 4.59. The number of thioether (sulfide) groups is 1. The monoisotopic (exact) mass is 304 g/mol. The molecule has 3 unspecified atom stereocenters. The minimum atomic E-state index is -0.800. The van der Waals surface area contributed by atoms with Crippen LogP contribution in [0.5, 0.6) is 0 Å². The van der Waals surface area contributed by atoms with E-state index in [0.717, 1.165) is 22.6 Å². The first-order valence-corrected chi connectivity index (χ1v) is 8.38. The molecule has 0 amide bonds. The Morgan fingerprint density at radius 2 is 2.14 bits per heavy atom. The molecular weight excluding hydrogens is 284 g/mol. The molecular formula is C16H20N2O2S. The molecule has 0 bridgehead atoms. The fourth-order valence-corrected chi connectivity index (χ4v) is 4.06. The van der Waals surface area contributed by atoms with Gasteiger partial charge in [0.15, 0.2) is 5.16 Å². The van der Waals surface area contributed by atoms with Crippen molar-refractivity contribution < 1.29 is 9.90 Å². The maximum absolute atomic E-state index is 10.9. The van der Waals surface area contributed by atoms with Crippen LogP contribution in [-0.4, -0.2) is 26.4 Å². The van der Waals surface area contributed by atoms with Gasteiger partial charge in [-0.2, -0.15) is 0 Å². The van der Waals surface area contributed by atoms with E-state index < -0.39 is 5.97 Å². The molecule has 2 aromatic rings. The molecule has 1 saturated carbocycles. The summed E-state index contributed by atoms with van der Waals surface area (Å²) in [6.07, 6.45) is 2.37. The van der Waals surface area contributed by atoms with Gasteiger partial charge in [0.05, 0.1) is 16.8 Å². The molecule has 4 nitrogen and oxygen atoms in total. The number of carboxylic acid groups (broad SMARTS) is 1. The van der Waals surface area contributed by atoms with Crippen molar-refractivity contribution in [2.75, 3.05) is 5.75 Å². The second-order valence-electron chi connectivity index (χ2n) is 5.92. The highest BCUT2D eigenvalue weighted by atomic mass is 32.2. The van der Waals surface area contributed by atoms with Crippen LogP contribution in [0.3, 0.4) is 0 Å². The Kier molecular flexibility index (Phi) is 3.93. The van der Waals surface area contributed by atoms with E-state index in [9.17, 15) is 4.79 Å². The number of nitrogens with zero attached hydrogens (tertiary/aromatic N) is 2. The molecule has 0 radical (unpaired) electrons.